The molecule has 0 aromatic heterocycles. The van der Waals surface area contributed by atoms with Crippen LogP contribution in [-0.4, -0.2) is 6.67 Å². The Labute approximate surface area is 149 Å². The van der Waals surface area contributed by atoms with Gasteiger partial charge in [-0.15, -0.1) is 0 Å². The second-order valence-electron chi connectivity index (χ2n) is 6.61. The van der Waals surface area contributed by atoms with Crippen molar-refractivity contribution in [1.29, 1.82) is 0 Å². The predicted molar refractivity (Wildman–Crippen MR) is 101 cm³/mol. The van der Waals surface area contributed by atoms with Crippen LogP contribution in [0.1, 0.15) is 43.6 Å². The van der Waals surface area contributed by atoms with Gasteiger partial charge in [0.25, 0.3) is 0 Å². The molecule has 0 N–H and O–H groups in total. The summed E-state index contributed by atoms with van der Waals surface area (Å²) in [7, 11) is 0. The minimum Gasteiger partial charge on any atom is -0.251 e. The van der Waals surface area contributed by atoms with Crippen molar-refractivity contribution in [3.63, 3.8) is 0 Å². The molecule has 2 aromatic carbocycles. The third-order valence-corrected chi connectivity index (χ3v) is 5.26. The SMILES string of the molecule is FCCC=CC1CCC(c2ccccc2-c2ccc(Cl)cc2)CC1. The molecule has 0 heterocycles. The highest BCUT2D eigenvalue weighted by atomic mass is 35.5. The van der Waals surface area contributed by atoms with Gasteiger partial charge in [-0.25, -0.2) is 0 Å². The van der Waals surface area contributed by atoms with Crippen LogP contribution in [0.5, 0.6) is 0 Å². The van der Waals surface area contributed by atoms with E-state index in [0.717, 1.165) is 5.02 Å². The second-order valence-corrected chi connectivity index (χ2v) is 7.05. The van der Waals surface area contributed by atoms with E-state index in [1.54, 1.807) is 0 Å². The first-order valence-corrected chi connectivity index (χ1v) is 9.23. The highest BCUT2D eigenvalue weighted by molar-refractivity contribution is 6.30. The van der Waals surface area contributed by atoms with Crippen LogP contribution in [0.15, 0.2) is 60.7 Å². The first kappa shape index (κ1) is 17.2. The van der Waals surface area contributed by atoms with Gasteiger partial charge in [0.05, 0.1) is 6.67 Å². The molecular formula is C22H24ClF. The summed E-state index contributed by atoms with van der Waals surface area (Å²) in [6.45, 7) is -0.250. The zero-order chi connectivity index (χ0) is 16.8. The molecule has 1 fully saturated rings. The lowest BCUT2D eigenvalue weighted by atomic mass is 9.76. The molecule has 0 spiro atoms. The molecule has 0 unspecified atom stereocenters. The Morgan fingerprint density at radius 1 is 0.958 bits per heavy atom. The summed E-state index contributed by atoms with van der Waals surface area (Å²) in [5, 5.41) is 0.775. The molecule has 1 saturated carbocycles. The number of alkyl halides is 1. The van der Waals surface area contributed by atoms with Crippen LogP contribution in [0.3, 0.4) is 0 Å². The summed E-state index contributed by atoms with van der Waals surface area (Å²) in [4.78, 5) is 0. The fourth-order valence-corrected chi connectivity index (χ4v) is 3.85. The van der Waals surface area contributed by atoms with Crippen LogP contribution in [0, 0.1) is 5.92 Å². The molecule has 126 valence electrons. The largest absolute Gasteiger partial charge is 0.251 e. The summed E-state index contributed by atoms with van der Waals surface area (Å²) in [5.41, 5.74) is 4.01. The van der Waals surface area contributed by atoms with E-state index < -0.39 is 0 Å². The van der Waals surface area contributed by atoms with Crippen molar-refractivity contribution < 1.29 is 4.39 Å². The van der Waals surface area contributed by atoms with Crippen molar-refractivity contribution in [3.05, 3.63) is 71.3 Å². The molecular weight excluding hydrogens is 319 g/mol. The van der Waals surface area contributed by atoms with Gasteiger partial charge < -0.3 is 0 Å². The molecule has 0 amide bonds. The van der Waals surface area contributed by atoms with Crippen molar-refractivity contribution in [2.75, 3.05) is 6.67 Å². The van der Waals surface area contributed by atoms with Gasteiger partial charge >= 0.3 is 0 Å². The number of halogens is 2. The molecule has 0 bridgehead atoms. The Balaban J connectivity index is 1.73. The van der Waals surface area contributed by atoms with Crippen LogP contribution in [-0.2, 0) is 0 Å². The molecule has 0 nitrogen and oxygen atoms in total. The second kappa shape index (κ2) is 8.48. The molecule has 0 saturated heterocycles. The van der Waals surface area contributed by atoms with Gasteiger partial charge in [0.2, 0.25) is 0 Å². The Bertz CT molecular complexity index is 667. The van der Waals surface area contributed by atoms with E-state index in [1.807, 2.05) is 18.2 Å². The van der Waals surface area contributed by atoms with Crippen molar-refractivity contribution in [3.8, 4) is 11.1 Å². The number of hydrogen-bond acceptors (Lipinski definition) is 0. The first-order valence-electron chi connectivity index (χ1n) is 8.85. The first-order chi connectivity index (χ1) is 11.8. The van der Waals surface area contributed by atoms with Crippen LogP contribution >= 0.6 is 11.6 Å². The van der Waals surface area contributed by atoms with E-state index in [0.29, 0.717) is 18.3 Å². The van der Waals surface area contributed by atoms with Crippen LogP contribution in [0.4, 0.5) is 4.39 Å². The van der Waals surface area contributed by atoms with E-state index in [1.165, 1.54) is 42.4 Å². The quantitative estimate of drug-likeness (QED) is 0.504. The van der Waals surface area contributed by atoms with E-state index in [9.17, 15) is 4.39 Å². The Hall–Kier alpha value is -1.60. The third-order valence-electron chi connectivity index (χ3n) is 5.01. The maximum atomic E-state index is 12.2. The summed E-state index contributed by atoms with van der Waals surface area (Å²) < 4.78 is 12.2. The van der Waals surface area contributed by atoms with E-state index in [4.69, 9.17) is 11.6 Å². The van der Waals surface area contributed by atoms with Gasteiger partial charge in [0, 0.05) is 5.02 Å². The molecule has 24 heavy (non-hydrogen) atoms. The standard InChI is InChI=1S/C22H24ClF/c23-20-14-12-19(13-15-20)22-7-2-1-6-21(22)18-10-8-17(9-11-18)5-3-4-16-24/h1-3,5-7,12-15,17-18H,4,8-11,16H2. The third kappa shape index (κ3) is 4.27. The van der Waals surface area contributed by atoms with Gasteiger partial charge in [-0.05, 0) is 72.8 Å². The summed E-state index contributed by atoms with van der Waals surface area (Å²) in [5.74, 6) is 1.23. The minimum absolute atomic E-state index is 0.250. The smallest absolute Gasteiger partial charge is 0.0928 e. The van der Waals surface area contributed by atoms with Crippen LogP contribution < -0.4 is 0 Å². The van der Waals surface area contributed by atoms with Crippen molar-refractivity contribution in [1.82, 2.24) is 0 Å². The van der Waals surface area contributed by atoms with Crippen LogP contribution in [0.2, 0.25) is 5.02 Å². The molecule has 1 aliphatic carbocycles. The number of allylic oxidation sites excluding steroid dienone is 2. The molecule has 0 atom stereocenters. The molecule has 2 heteroatoms. The monoisotopic (exact) mass is 342 g/mol. The Morgan fingerprint density at radius 2 is 1.67 bits per heavy atom. The summed E-state index contributed by atoms with van der Waals surface area (Å²) >= 11 is 6.03. The number of rotatable bonds is 5. The van der Waals surface area contributed by atoms with Crippen molar-refractivity contribution >= 4 is 11.6 Å². The average molecular weight is 343 g/mol. The molecule has 2 aromatic rings. The normalized spacial score (nSPS) is 21.2. The van der Waals surface area contributed by atoms with Gasteiger partial charge in [-0.3, -0.25) is 4.39 Å². The number of hydrogen-bond donors (Lipinski definition) is 0. The molecule has 0 aliphatic heterocycles. The zero-order valence-electron chi connectivity index (χ0n) is 13.9. The fourth-order valence-electron chi connectivity index (χ4n) is 3.72. The lowest BCUT2D eigenvalue weighted by molar-refractivity contribution is 0.375. The van der Waals surface area contributed by atoms with Gasteiger partial charge in [-0.1, -0.05) is 60.2 Å². The highest BCUT2D eigenvalue weighted by Gasteiger charge is 2.22. The highest BCUT2D eigenvalue weighted by Crippen LogP contribution is 2.40. The van der Waals surface area contributed by atoms with E-state index in [2.05, 4.69) is 42.5 Å². The maximum absolute atomic E-state index is 12.2. The topological polar surface area (TPSA) is 0 Å². The lowest BCUT2D eigenvalue weighted by Gasteiger charge is -2.28. The molecule has 1 aliphatic rings. The predicted octanol–water partition coefficient (Wildman–Crippen LogP) is 7.20. The van der Waals surface area contributed by atoms with Gasteiger partial charge in [0.1, 0.15) is 0 Å². The minimum atomic E-state index is -0.250. The lowest BCUT2D eigenvalue weighted by Crippen LogP contribution is -2.12. The fraction of sp³-hybridized carbons (Fsp3) is 0.364. The van der Waals surface area contributed by atoms with Gasteiger partial charge in [-0.2, -0.15) is 0 Å². The summed E-state index contributed by atoms with van der Waals surface area (Å²) in [6, 6.07) is 16.9. The maximum Gasteiger partial charge on any atom is 0.0928 e. The average Bonchev–Trinajstić information content (AvgIpc) is 2.63. The zero-order valence-corrected chi connectivity index (χ0v) is 14.7. The van der Waals surface area contributed by atoms with Crippen molar-refractivity contribution in [2.24, 2.45) is 5.92 Å². The molecule has 3 rings (SSSR count). The van der Waals surface area contributed by atoms with Crippen molar-refractivity contribution in [2.45, 2.75) is 38.0 Å². The van der Waals surface area contributed by atoms with Gasteiger partial charge in [0.15, 0.2) is 0 Å². The Kier molecular flexibility index (Phi) is 6.09. The molecule has 0 radical (unpaired) electrons. The van der Waals surface area contributed by atoms with Crippen LogP contribution in [0.25, 0.3) is 11.1 Å². The van der Waals surface area contributed by atoms with E-state index >= 15 is 0 Å². The Morgan fingerprint density at radius 3 is 2.38 bits per heavy atom. The summed E-state index contributed by atoms with van der Waals surface area (Å²) in [6.07, 6.45) is 9.59. The number of benzene rings is 2. The van der Waals surface area contributed by atoms with E-state index in [-0.39, 0.29) is 6.67 Å².